The first-order valence-electron chi connectivity index (χ1n) is 6.99. The number of halogens is 1. The zero-order chi connectivity index (χ0) is 14.7. The minimum atomic E-state index is -0.118. The molecular weight excluding hydrogens is 272 g/mol. The van der Waals surface area contributed by atoms with Crippen LogP contribution in [0.5, 0.6) is 0 Å². The molecule has 2 aromatic rings. The minimum absolute atomic E-state index is 0.118. The fourth-order valence-corrected chi connectivity index (χ4v) is 2.77. The van der Waals surface area contributed by atoms with E-state index in [0.29, 0.717) is 6.42 Å². The number of nitrogens with zero attached hydrogens (tertiary/aromatic N) is 3. The molecule has 0 aromatic carbocycles. The highest BCUT2D eigenvalue weighted by Gasteiger charge is 2.18. The van der Waals surface area contributed by atoms with Crippen LogP contribution in [0.25, 0.3) is 0 Å². The SMILES string of the molecule is CCc1nn(CC)c(CC(N)c2cccnc2C)c1Cl. The smallest absolute Gasteiger partial charge is 0.0850 e. The summed E-state index contributed by atoms with van der Waals surface area (Å²) in [6, 6.07) is 3.82. The molecule has 2 N–H and O–H groups in total. The summed E-state index contributed by atoms with van der Waals surface area (Å²) in [6.45, 7) is 6.90. The molecule has 0 radical (unpaired) electrons. The highest BCUT2D eigenvalue weighted by molar-refractivity contribution is 6.31. The molecule has 4 nitrogen and oxygen atoms in total. The van der Waals surface area contributed by atoms with E-state index >= 15 is 0 Å². The second kappa shape index (κ2) is 6.37. The molecule has 2 rings (SSSR count). The number of aryl methyl sites for hydroxylation is 3. The predicted octanol–water partition coefficient (Wildman–Crippen LogP) is 3.06. The highest BCUT2D eigenvalue weighted by Crippen LogP contribution is 2.26. The van der Waals surface area contributed by atoms with Crippen LogP contribution in [0.1, 0.15) is 42.5 Å². The van der Waals surface area contributed by atoms with Gasteiger partial charge in [0.1, 0.15) is 0 Å². The van der Waals surface area contributed by atoms with Crippen molar-refractivity contribution < 1.29 is 0 Å². The molecule has 1 atom stereocenters. The zero-order valence-electron chi connectivity index (χ0n) is 12.2. The van der Waals surface area contributed by atoms with Crippen molar-refractivity contribution in [3.8, 4) is 0 Å². The van der Waals surface area contributed by atoms with Gasteiger partial charge in [-0.1, -0.05) is 24.6 Å². The molecular formula is C15H21ClN4. The van der Waals surface area contributed by atoms with Crippen LogP contribution in [-0.4, -0.2) is 14.8 Å². The number of pyridine rings is 1. The Bertz CT molecular complexity index is 592. The number of hydrogen-bond acceptors (Lipinski definition) is 3. The van der Waals surface area contributed by atoms with Crippen molar-refractivity contribution >= 4 is 11.6 Å². The van der Waals surface area contributed by atoms with Crippen LogP contribution in [0.2, 0.25) is 5.02 Å². The summed E-state index contributed by atoms with van der Waals surface area (Å²) < 4.78 is 1.95. The number of nitrogens with two attached hydrogens (primary N) is 1. The molecule has 0 amide bonds. The van der Waals surface area contributed by atoms with Crippen molar-refractivity contribution in [1.82, 2.24) is 14.8 Å². The maximum Gasteiger partial charge on any atom is 0.0850 e. The van der Waals surface area contributed by atoms with Crippen LogP contribution >= 0.6 is 11.6 Å². The van der Waals surface area contributed by atoms with Crippen LogP contribution in [0, 0.1) is 6.92 Å². The summed E-state index contributed by atoms with van der Waals surface area (Å²) in [5.41, 5.74) is 10.3. The third-order valence-electron chi connectivity index (χ3n) is 3.55. The van der Waals surface area contributed by atoms with Gasteiger partial charge < -0.3 is 5.73 Å². The van der Waals surface area contributed by atoms with E-state index in [1.54, 1.807) is 6.20 Å². The van der Waals surface area contributed by atoms with Gasteiger partial charge in [-0.2, -0.15) is 5.10 Å². The minimum Gasteiger partial charge on any atom is -0.324 e. The molecule has 108 valence electrons. The van der Waals surface area contributed by atoms with Gasteiger partial charge in [0.2, 0.25) is 0 Å². The number of rotatable bonds is 5. The Morgan fingerprint density at radius 3 is 2.75 bits per heavy atom. The Balaban J connectivity index is 2.30. The molecule has 0 aliphatic carbocycles. The zero-order valence-corrected chi connectivity index (χ0v) is 13.0. The summed E-state index contributed by atoms with van der Waals surface area (Å²) in [4.78, 5) is 4.29. The van der Waals surface area contributed by atoms with E-state index in [-0.39, 0.29) is 6.04 Å². The van der Waals surface area contributed by atoms with Crippen molar-refractivity contribution in [2.45, 2.75) is 46.2 Å². The third kappa shape index (κ3) is 2.86. The van der Waals surface area contributed by atoms with E-state index in [4.69, 9.17) is 17.3 Å². The quantitative estimate of drug-likeness (QED) is 0.921. The molecule has 0 spiro atoms. The average Bonchev–Trinajstić information content (AvgIpc) is 2.75. The van der Waals surface area contributed by atoms with Gasteiger partial charge in [0.25, 0.3) is 0 Å². The van der Waals surface area contributed by atoms with Crippen LogP contribution in [-0.2, 0) is 19.4 Å². The van der Waals surface area contributed by atoms with E-state index in [9.17, 15) is 0 Å². The third-order valence-corrected chi connectivity index (χ3v) is 3.99. The Kier molecular flexibility index (Phi) is 4.78. The lowest BCUT2D eigenvalue weighted by Gasteiger charge is -2.15. The molecule has 5 heteroatoms. The number of hydrogen-bond donors (Lipinski definition) is 1. The maximum absolute atomic E-state index is 6.43. The van der Waals surface area contributed by atoms with Crippen molar-refractivity contribution in [2.75, 3.05) is 0 Å². The second-order valence-corrected chi connectivity index (χ2v) is 5.24. The van der Waals surface area contributed by atoms with Crippen molar-refractivity contribution in [3.63, 3.8) is 0 Å². The first-order valence-corrected chi connectivity index (χ1v) is 7.37. The van der Waals surface area contributed by atoms with Gasteiger partial charge in [0.15, 0.2) is 0 Å². The fraction of sp³-hybridized carbons (Fsp3) is 0.467. The first kappa shape index (κ1) is 15.0. The summed E-state index contributed by atoms with van der Waals surface area (Å²) in [6.07, 6.45) is 3.29. The summed E-state index contributed by atoms with van der Waals surface area (Å²) in [5.74, 6) is 0. The lowest BCUT2D eigenvalue weighted by atomic mass is 10.0. The first-order chi connectivity index (χ1) is 9.58. The van der Waals surface area contributed by atoms with Crippen molar-refractivity contribution in [3.05, 3.63) is 46.0 Å². The van der Waals surface area contributed by atoms with Gasteiger partial charge in [-0.3, -0.25) is 9.67 Å². The van der Waals surface area contributed by atoms with Gasteiger partial charge in [-0.15, -0.1) is 0 Å². The normalized spacial score (nSPS) is 12.7. The molecule has 0 fully saturated rings. The van der Waals surface area contributed by atoms with Gasteiger partial charge in [-0.05, 0) is 31.9 Å². The Labute approximate surface area is 125 Å². The topological polar surface area (TPSA) is 56.7 Å². The van der Waals surface area contributed by atoms with Crippen molar-refractivity contribution in [2.24, 2.45) is 5.73 Å². The Hall–Kier alpha value is -1.39. The summed E-state index contributed by atoms with van der Waals surface area (Å²) in [5, 5.41) is 5.29. The van der Waals surface area contributed by atoms with E-state index in [1.165, 1.54) is 0 Å². The largest absolute Gasteiger partial charge is 0.324 e. The molecule has 1 unspecified atom stereocenters. The van der Waals surface area contributed by atoms with Crippen LogP contribution in [0.4, 0.5) is 0 Å². The Morgan fingerprint density at radius 2 is 2.15 bits per heavy atom. The lowest BCUT2D eigenvalue weighted by molar-refractivity contribution is 0.584. The molecule has 2 heterocycles. The molecule has 2 aromatic heterocycles. The van der Waals surface area contributed by atoms with Crippen molar-refractivity contribution in [1.29, 1.82) is 0 Å². The van der Waals surface area contributed by atoms with E-state index in [2.05, 4.69) is 23.9 Å². The summed E-state index contributed by atoms with van der Waals surface area (Å²) in [7, 11) is 0. The monoisotopic (exact) mass is 292 g/mol. The average molecular weight is 293 g/mol. The summed E-state index contributed by atoms with van der Waals surface area (Å²) >= 11 is 6.43. The van der Waals surface area contributed by atoms with E-state index in [0.717, 1.165) is 40.6 Å². The Morgan fingerprint density at radius 1 is 1.40 bits per heavy atom. The van der Waals surface area contributed by atoms with Crippen LogP contribution in [0.15, 0.2) is 18.3 Å². The second-order valence-electron chi connectivity index (χ2n) is 4.87. The van der Waals surface area contributed by atoms with Crippen LogP contribution in [0.3, 0.4) is 0 Å². The van der Waals surface area contributed by atoms with Gasteiger partial charge >= 0.3 is 0 Å². The van der Waals surface area contributed by atoms with E-state index < -0.39 is 0 Å². The molecule has 0 aliphatic heterocycles. The maximum atomic E-state index is 6.43. The molecule has 0 aliphatic rings. The predicted molar refractivity (Wildman–Crippen MR) is 81.9 cm³/mol. The van der Waals surface area contributed by atoms with Gasteiger partial charge in [0, 0.05) is 30.9 Å². The molecule has 0 bridgehead atoms. The highest BCUT2D eigenvalue weighted by atomic mass is 35.5. The molecule has 0 saturated heterocycles. The van der Waals surface area contributed by atoms with Gasteiger partial charge in [0.05, 0.1) is 16.4 Å². The van der Waals surface area contributed by atoms with Gasteiger partial charge in [-0.25, -0.2) is 0 Å². The molecule has 0 saturated carbocycles. The fourth-order valence-electron chi connectivity index (χ4n) is 2.42. The molecule has 20 heavy (non-hydrogen) atoms. The standard InChI is InChI=1S/C15H21ClN4/c1-4-13-15(16)14(20(5-2)19-13)9-12(17)11-7-6-8-18-10(11)3/h6-8,12H,4-5,9,17H2,1-3H3. The van der Waals surface area contributed by atoms with Crippen LogP contribution < -0.4 is 5.73 Å². The van der Waals surface area contributed by atoms with E-state index in [1.807, 2.05) is 23.7 Å². The number of aromatic nitrogens is 3. The lowest BCUT2D eigenvalue weighted by Crippen LogP contribution is -2.17.